The molecule has 1 heterocycles. The molecule has 96 valence electrons. The second-order valence-electron chi connectivity index (χ2n) is 3.95. The SMILES string of the molecule is CNCCCc1ncc(-c2ccc(Cl)c(Cl)c2)o1. The molecule has 0 bridgehead atoms. The van der Waals surface area contributed by atoms with Crippen LogP contribution >= 0.6 is 23.2 Å². The quantitative estimate of drug-likeness (QED) is 0.849. The fourth-order valence-corrected chi connectivity index (χ4v) is 1.92. The van der Waals surface area contributed by atoms with Gasteiger partial charge in [0, 0.05) is 12.0 Å². The van der Waals surface area contributed by atoms with Crippen LogP contribution in [0.3, 0.4) is 0 Å². The number of benzene rings is 1. The van der Waals surface area contributed by atoms with Crippen molar-refractivity contribution in [2.45, 2.75) is 12.8 Å². The Bertz CT molecular complexity index is 525. The Balaban J connectivity index is 2.11. The first-order valence-corrected chi connectivity index (χ1v) is 6.51. The summed E-state index contributed by atoms with van der Waals surface area (Å²) in [7, 11) is 1.93. The lowest BCUT2D eigenvalue weighted by molar-refractivity contribution is 0.495. The van der Waals surface area contributed by atoms with Gasteiger partial charge >= 0.3 is 0 Å². The third kappa shape index (κ3) is 3.25. The van der Waals surface area contributed by atoms with Crippen LogP contribution in [0.1, 0.15) is 12.3 Å². The largest absolute Gasteiger partial charge is 0.441 e. The van der Waals surface area contributed by atoms with Crippen LogP contribution in [0, 0.1) is 0 Å². The number of hydrogen-bond acceptors (Lipinski definition) is 3. The molecule has 1 aromatic carbocycles. The summed E-state index contributed by atoms with van der Waals surface area (Å²) < 4.78 is 5.67. The highest BCUT2D eigenvalue weighted by molar-refractivity contribution is 6.42. The molecule has 1 N–H and O–H groups in total. The van der Waals surface area contributed by atoms with Gasteiger partial charge in [-0.25, -0.2) is 4.98 Å². The predicted octanol–water partition coefficient (Wildman–Crippen LogP) is 3.80. The summed E-state index contributed by atoms with van der Waals surface area (Å²) in [5.74, 6) is 1.46. The van der Waals surface area contributed by atoms with Crippen molar-refractivity contribution >= 4 is 23.2 Å². The van der Waals surface area contributed by atoms with E-state index in [-0.39, 0.29) is 0 Å². The zero-order valence-electron chi connectivity index (χ0n) is 10.0. The van der Waals surface area contributed by atoms with Crippen LogP contribution < -0.4 is 5.32 Å². The minimum Gasteiger partial charge on any atom is -0.441 e. The zero-order valence-corrected chi connectivity index (χ0v) is 11.6. The Kier molecular flexibility index (Phi) is 4.64. The summed E-state index contributed by atoms with van der Waals surface area (Å²) in [4.78, 5) is 4.25. The van der Waals surface area contributed by atoms with E-state index in [2.05, 4.69) is 10.3 Å². The van der Waals surface area contributed by atoms with Crippen LogP contribution in [0.25, 0.3) is 11.3 Å². The van der Waals surface area contributed by atoms with E-state index in [4.69, 9.17) is 27.6 Å². The van der Waals surface area contributed by atoms with Gasteiger partial charge in [0.05, 0.1) is 16.2 Å². The average Bonchev–Trinajstić information content (AvgIpc) is 2.82. The molecule has 0 saturated heterocycles. The third-order valence-electron chi connectivity index (χ3n) is 2.58. The molecular formula is C13H14Cl2N2O. The molecule has 0 saturated carbocycles. The highest BCUT2D eigenvalue weighted by atomic mass is 35.5. The maximum absolute atomic E-state index is 5.97. The Morgan fingerprint density at radius 2 is 2.11 bits per heavy atom. The van der Waals surface area contributed by atoms with Gasteiger partial charge < -0.3 is 9.73 Å². The molecule has 0 unspecified atom stereocenters. The lowest BCUT2D eigenvalue weighted by Crippen LogP contribution is -2.08. The number of halogens is 2. The fourth-order valence-electron chi connectivity index (χ4n) is 1.63. The number of hydrogen-bond donors (Lipinski definition) is 1. The molecule has 1 aromatic heterocycles. The molecular weight excluding hydrogens is 271 g/mol. The van der Waals surface area contributed by atoms with Crippen molar-refractivity contribution in [2.24, 2.45) is 0 Å². The van der Waals surface area contributed by atoms with Crippen LogP contribution in [0.4, 0.5) is 0 Å². The van der Waals surface area contributed by atoms with Gasteiger partial charge in [-0.3, -0.25) is 0 Å². The van der Waals surface area contributed by atoms with Crippen molar-refractivity contribution in [3.8, 4) is 11.3 Å². The number of nitrogens with zero attached hydrogens (tertiary/aromatic N) is 1. The topological polar surface area (TPSA) is 38.1 Å². The Labute approximate surface area is 116 Å². The van der Waals surface area contributed by atoms with Gasteiger partial charge in [-0.2, -0.15) is 0 Å². The van der Waals surface area contributed by atoms with E-state index < -0.39 is 0 Å². The molecule has 3 nitrogen and oxygen atoms in total. The van der Waals surface area contributed by atoms with Gasteiger partial charge in [0.2, 0.25) is 0 Å². The standard InChI is InChI=1S/C13H14Cl2N2O/c1-16-6-2-3-13-17-8-12(18-13)9-4-5-10(14)11(15)7-9/h4-5,7-8,16H,2-3,6H2,1H3. The Hall–Kier alpha value is -1.03. The molecule has 2 rings (SSSR count). The van der Waals surface area contributed by atoms with Gasteiger partial charge in [-0.15, -0.1) is 0 Å². The second-order valence-corrected chi connectivity index (χ2v) is 4.77. The van der Waals surface area contributed by atoms with E-state index in [0.717, 1.165) is 30.8 Å². The molecule has 5 heteroatoms. The van der Waals surface area contributed by atoms with E-state index in [0.29, 0.717) is 15.8 Å². The highest BCUT2D eigenvalue weighted by Crippen LogP contribution is 2.28. The number of nitrogens with one attached hydrogen (secondary N) is 1. The fraction of sp³-hybridized carbons (Fsp3) is 0.308. The second kappa shape index (κ2) is 6.23. The molecule has 0 radical (unpaired) electrons. The summed E-state index contributed by atoms with van der Waals surface area (Å²) in [6, 6.07) is 5.40. The van der Waals surface area contributed by atoms with Crippen molar-refractivity contribution in [3.05, 3.63) is 40.3 Å². The van der Waals surface area contributed by atoms with Gasteiger partial charge in [0.25, 0.3) is 0 Å². The monoisotopic (exact) mass is 284 g/mol. The van der Waals surface area contributed by atoms with Crippen LogP contribution in [0.5, 0.6) is 0 Å². The van der Waals surface area contributed by atoms with Crippen molar-refractivity contribution in [3.63, 3.8) is 0 Å². The predicted molar refractivity (Wildman–Crippen MR) is 74.2 cm³/mol. The summed E-state index contributed by atoms with van der Waals surface area (Å²) in [6.07, 6.45) is 3.54. The molecule has 0 aliphatic rings. The molecule has 0 aliphatic carbocycles. The van der Waals surface area contributed by atoms with Crippen molar-refractivity contribution in [1.29, 1.82) is 0 Å². The smallest absolute Gasteiger partial charge is 0.194 e. The molecule has 0 aliphatic heterocycles. The van der Waals surface area contributed by atoms with Crippen LogP contribution in [-0.2, 0) is 6.42 Å². The van der Waals surface area contributed by atoms with Crippen molar-refractivity contribution < 1.29 is 4.42 Å². The van der Waals surface area contributed by atoms with E-state index in [1.165, 1.54) is 0 Å². The van der Waals surface area contributed by atoms with Crippen molar-refractivity contribution in [1.82, 2.24) is 10.3 Å². The van der Waals surface area contributed by atoms with E-state index >= 15 is 0 Å². The van der Waals surface area contributed by atoms with E-state index in [1.54, 1.807) is 18.3 Å². The molecule has 0 amide bonds. The van der Waals surface area contributed by atoms with E-state index in [1.807, 2.05) is 13.1 Å². The third-order valence-corrected chi connectivity index (χ3v) is 3.31. The lowest BCUT2D eigenvalue weighted by atomic mass is 10.2. The maximum atomic E-state index is 5.97. The molecule has 0 atom stereocenters. The highest BCUT2D eigenvalue weighted by Gasteiger charge is 2.08. The lowest BCUT2D eigenvalue weighted by Gasteiger charge is -1.99. The van der Waals surface area contributed by atoms with E-state index in [9.17, 15) is 0 Å². The molecule has 0 fully saturated rings. The van der Waals surface area contributed by atoms with Gasteiger partial charge in [0.15, 0.2) is 11.7 Å². The maximum Gasteiger partial charge on any atom is 0.194 e. The molecule has 18 heavy (non-hydrogen) atoms. The van der Waals surface area contributed by atoms with Gasteiger partial charge in [-0.1, -0.05) is 23.2 Å². The number of aryl methyl sites for hydroxylation is 1. The van der Waals surface area contributed by atoms with Crippen molar-refractivity contribution in [2.75, 3.05) is 13.6 Å². The van der Waals surface area contributed by atoms with Gasteiger partial charge in [-0.05, 0) is 38.2 Å². The molecule has 2 aromatic rings. The summed E-state index contributed by atoms with van der Waals surface area (Å²) in [6.45, 7) is 0.949. The first-order valence-electron chi connectivity index (χ1n) is 5.75. The normalized spacial score (nSPS) is 10.8. The molecule has 0 spiro atoms. The van der Waals surface area contributed by atoms with Gasteiger partial charge in [0.1, 0.15) is 0 Å². The first kappa shape index (κ1) is 13.4. The minimum absolute atomic E-state index is 0.516. The van der Waals surface area contributed by atoms with Crippen LogP contribution in [0.2, 0.25) is 10.0 Å². The average molecular weight is 285 g/mol. The minimum atomic E-state index is 0.516. The van der Waals surface area contributed by atoms with Crippen LogP contribution in [0.15, 0.2) is 28.8 Å². The first-order chi connectivity index (χ1) is 8.70. The number of aromatic nitrogens is 1. The Morgan fingerprint density at radius 1 is 1.28 bits per heavy atom. The summed E-state index contributed by atoms with van der Waals surface area (Å²) in [5, 5.41) is 4.14. The number of rotatable bonds is 5. The zero-order chi connectivity index (χ0) is 13.0. The summed E-state index contributed by atoms with van der Waals surface area (Å²) in [5.41, 5.74) is 0.886. The Morgan fingerprint density at radius 3 is 2.83 bits per heavy atom. The summed E-state index contributed by atoms with van der Waals surface area (Å²) >= 11 is 11.8. The number of oxazole rings is 1. The van der Waals surface area contributed by atoms with Crippen LogP contribution in [-0.4, -0.2) is 18.6 Å².